The van der Waals surface area contributed by atoms with Crippen LogP contribution in [-0.4, -0.2) is 96.0 Å². The van der Waals surface area contributed by atoms with Gasteiger partial charge in [0.2, 0.25) is 5.91 Å². The molecule has 4 aromatic carbocycles. The van der Waals surface area contributed by atoms with Crippen LogP contribution in [0.1, 0.15) is 36.4 Å². The van der Waals surface area contributed by atoms with Gasteiger partial charge in [-0.2, -0.15) is 10.2 Å². The molecule has 57 heavy (non-hydrogen) atoms. The van der Waals surface area contributed by atoms with E-state index in [4.69, 9.17) is 25.7 Å². The summed E-state index contributed by atoms with van der Waals surface area (Å²) in [5, 5.41) is 42.0. The van der Waals surface area contributed by atoms with Gasteiger partial charge in [-0.25, -0.2) is 18.4 Å². The number of aliphatic hydroxyl groups is 2. The molecule has 0 aliphatic carbocycles. The number of nitriles is 1. The molecular weight excluding hydrogens is 740 g/mol. The van der Waals surface area contributed by atoms with E-state index in [9.17, 15) is 28.0 Å². The van der Waals surface area contributed by atoms with Crippen molar-refractivity contribution in [3.63, 3.8) is 0 Å². The normalized spacial score (nSPS) is 12.0. The van der Waals surface area contributed by atoms with Crippen molar-refractivity contribution >= 4 is 28.7 Å². The molecule has 15 heteroatoms. The minimum atomic E-state index is -2.27. The van der Waals surface area contributed by atoms with E-state index in [-0.39, 0.29) is 30.9 Å². The Labute approximate surface area is 327 Å². The Kier molecular flexibility index (Phi) is 15.6. The number of halogens is 2. The molecule has 298 valence electrons. The number of benzene rings is 4. The summed E-state index contributed by atoms with van der Waals surface area (Å²) in [6, 6.07) is 28.6. The molecule has 4 N–H and O–H groups in total. The lowest BCUT2D eigenvalue weighted by atomic mass is 10.0. The summed E-state index contributed by atoms with van der Waals surface area (Å²) in [5.74, 6) is -5.21. The highest BCUT2D eigenvalue weighted by atomic mass is 19.2. The van der Waals surface area contributed by atoms with Gasteiger partial charge in [-0.1, -0.05) is 74.5 Å². The van der Waals surface area contributed by atoms with Gasteiger partial charge in [-0.3, -0.25) is 9.59 Å². The van der Waals surface area contributed by atoms with Crippen LogP contribution in [0, 0.1) is 23.0 Å². The van der Waals surface area contributed by atoms with E-state index in [2.05, 4.69) is 29.8 Å². The van der Waals surface area contributed by atoms with Crippen LogP contribution in [0.2, 0.25) is 0 Å². The lowest BCUT2D eigenvalue weighted by Gasteiger charge is -2.28. The fraction of sp³-hybridized carbons (Fsp3) is 0.286. The van der Waals surface area contributed by atoms with E-state index in [0.29, 0.717) is 41.9 Å². The molecule has 0 fully saturated rings. The Hall–Kier alpha value is -6.34. The predicted molar refractivity (Wildman–Crippen MR) is 207 cm³/mol. The Morgan fingerprint density at radius 3 is 1.98 bits per heavy atom. The average Bonchev–Trinajstić information content (AvgIpc) is 3.22. The molecule has 5 aromatic rings. The first kappa shape index (κ1) is 43.4. The van der Waals surface area contributed by atoms with Crippen molar-refractivity contribution in [2.75, 3.05) is 26.2 Å². The molecule has 1 heterocycles. The van der Waals surface area contributed by atoms with Crippen LogP contribution in [0.25, 0.3) is 22.0 Å². The number of para-hydroxylation sites is 1. The number of aliphatic hydroxyl groups excluding tert-OH is 2. The summed E-state index contributed by atoms with van der Waals surface area (Å²) in [6.07, 6.45) is -4.28. The summed E-state index contributed by atoms with van der Waals surface area (Å²) < 4.78 is 30.1. The lowest BCUT2D eigenvalue weighted by Crippen LogP contribution is -2.40. The molecule has 0 spiro atoms. The van der Waals surface area contributed by atoms with E-state index in [0.717, 1.165) is 35.8 Å². The lowest BCUT2D eigenvalue weighted by molar-refractivity contribution is -0.165. The van der Waals surface area contributed by atoms with E-state index >= 15 is 0 Å². The monoisotopic (exact) mass is 783 g/mol. The fourth-order valence-corrected chi connectivity index (χ4v) is 5.98. The minimum Gasteiger partial charge on any atom is -0.479 e. The number of amides is 1. The first-order valence-electron chi connectivity index (χ1n) is 18.1. The first-order valence-corrected chi connectivity index (χ1v) is 18.1. The van der Waals surface area contributed by atoms with Crippen LogP contribution < -0.4 is 5.56 Å². The number of hydrogen-bond donors (Lipinski definition) is 4. The summed E-state index contributed by atoms with van der Waals surface area (Å²) in [4.78, 5) is 55.1. The van der Waals surface area contributed by atoms with Crippen molar-refractivity contribution in [1.82, 2.24) is 19.4 Å². The first-order chi connectivity index (χ1) is 27.3. The topological polar surface area (TPSA) is 197 Å². The van der Waals surface area contributed by atoms with Gasteiger partial charge >= 0.3 is 11.9 Å². The maximum absolute atomic E-state index is 14.5. The number of carboxylic acids is 2. The van der Waals surface area contributed by atoms with Gasteiger partial charge in [0.25, 0.3) is 5.56 Å². The van der Waals surface area contributed by atoms with Crippen molar-refractivity contribution in [3.8, 4) is 17.2 Å². The second-order valence-corrected chi connectivity index (χ2v) is 12.9. The quantitative estimate of drug-likeness (QED) is 0.112. The number of hydrogen-bond acceptors (Lipinski definition) is 9. The molecule has 0 aliphatic rings. The zero-order valence-electron chi connectivity index (χ0n) is 31.4. The van der Waals surface area contributed by atoms with Gasteiger partial charge in [0.15, 0.2) is 23.8 Å². The minimum absolute atomic E-state index is 0.0731. The summed E-state index contributed by atoms with van der Waals surface area (Å²) in [6.45, 7) is 7.37. The van der Waals surface area contributed by atoms with Crippen LogP contribution in [0.4, 0.5) is 8.78 Å². The van der Waals surface area contributed by atoms with E-state index in [1.165, 1.54) is 12.1 Å². The molecule has 2 unspecified atom stereocenters. The zero-order valence-corrected chi connectivity index (χ0v) is 31.4. The van der Waals surface area contributed by atoms with Gasteiger partial charge in [0, 0.05) is 26.1 Å². The predicted octanol–water partition coefficient (Wildman–Crippen LogP) is 4.25. The number of likely N-dealkylation sites (N-methyl/N-ethyl adjacent to an activating group) is 1. The Bertz CT molecular complexity index is 2250. The van der Waals surface area contributed by atoms with E-state index in [1.54, 1.807) is 41.0 Å². The number of aromatic nitrogens is 2. The SMILES string of the molecule is CCN(CC)CCN(Cc1ccc(-c2ccc(C#N)cc2)cc1)C(=O)Cn1c(CCc2cccc(F)c2F)nc(=O)c2ccccc21.O=C(O)C(O)C(O)C(=O)O. The third-order valence-corrected chi connectivity index (χ3v) is 9.32. The number of carbonyl (C=O) groups is 3. The molecule has 0 radical (unpaired) electrons. The second kappa shape index (κ2) is 20.5. The van der Waals surface area contributed by atoms with Crippen molar-refractivity contribution in [2.45, 2.75) is 52.0 Å². The molecule has 0 saturated carbocycles. The van der Waals surface area contributed by atoms with Gasteiger partial charge in [-0.15, -0.1) is 0 Å². The Morgan fingerprint density at radius 2 is 1.40 bits per heavy atom. The van der Waals surface area contributed by atoms with Crippen molar-refractivity contribution < 1.29 is 43.6 Å². The Balaban J connectivity index is 0.000000635. The van der Waals surface area contributed by atoms with Gasteiger partial charge in [-0.05, 0) is 72.1 Å². The molecule has 2 atom stereocenters. The Morgan fingerprint density at radius 1 is 0.807 bits per heavy atom. The van der Waals surface area contributed by atoms with E-state index < -0.39 is 41.3 Å². The van der Waals surface area contributed by atoms with Crippen LogP contribution in [0.15, 0.2) is 95.8 Å². The standard InChI is InChI=1S/C38H37F2N5O2.C4H6O6/c1-3-43(4-2)22-23-44(25-28-14-18-30(19-15-28)29-16-12-27(24-41)13-17-29)36(46)26-45-34-11-6-5-9-32(34)38(47)42-35(45)21-20-31-8-7-10-33(39)37(31)40;5-1(3(7)8)2(6)4(9)10/h5-19H,3-4,20-23,25-26H2,1-2H3;1-2,5-6H,(H,7,8)(H,9,10). The third kappa shape index (κ3) is 11.6. The molecule has 1 amide bonds. The number of aliphatic carboxylic acids is 2. The average molecular weight is 784 g/mol. The van der Waals surface area contributed by atoms with Crippen LogP contribution in [0.5, 0.6) is 0 Å². The van der Waals surface area contributed by atoms with Gasteiger partial charge in [0.1, 0.15) is 12.4 Å². The number of carbonyl (C=O) groups excluding carboxylic acids is 1. The van der Waals surface area contributed by atoms with Gasteiger partial charge < -0.3 is 34.8 Å². The maximum atomic E-state index is 14.5. The number of aryl methyl sites for hydroxylation is 2. The van der Waals surface area contributed by atoms with Crippen molar-refractivity contribution in [2.24, 2.45) is 0 Å². The highest BCUT2D eigenvalue weighted by Gasteiger charge is 2.29. The smallest absolute Gasteiger partial charge is 0.335 e. The maximum Gasteiger partial charge on any atom is 0.335 e. The second-order valence-electron chi connectivity index (χ2n) is 12.9. The molecule has 1 aromatic heterocycles. The molecule has 5 rings (SSSR count). The number of nitrogens with zero attached hydrogens (tertiary/aromatic N) is 5. The largest absolute Gasteiger partial charge is 0.479 e. The van der Waals surface area contributed by atoms with E-state index in [1.807, 2.05) is 41.3 Å². The highest BCUT2D eigenvalue weighted by Crippen LogP contribution is 2.22. The number of fused-ring (bicyclic) bond motifs is 1. The van der Waals surface area contributed by atoms with Crippen molar-refractivity contribution in [1.29, 1.82) is 5.26 Å². The number of rotatable bonds is 16. The summed E-state index contributed by atoms with van der Waals surface area (Å²) >= 11 is 0. The molecular formula is C42H43F2N5O8. The number of carboxylic acid groups (broad SMARTS) is 2. The molecule has 0 saturated heterocycles. The third-order valence-electron chi connectivity index (χ3n) is 9.32. The van der Waals surface area contributed by atoms with Crippen LogP contribution >= 0.6 is 0 Å². The fourth-order valence-electron chi connectivity index (χ4n) is 5.98. The van der Waals surface area contributed by atoms with Crippen LogP contribution in [-0.2, 0) is 40.3 Å². The molecule has 0 bridgehead atoms. The molecule has 13 nitrogen and oxygen atoms in total. The summed E-state index contributed by atoms with van der Waals surface area (Å²) in [7, 11) is 0. The summed E-state index contributed by atoms with van der Waals surface area (Å²) in [5.41, 5.74) is 3.86. The van der Waals surface area contributed by atoms with Crippen molar-refractivity contribution in [3.05, 3.63) is 135 Å². The van der Waals surface area contributed by atoms with Gasteiger partial charge in [0.05, 0.1) is 22.5 Å². The molecule has 0 aliphatic heterocycles. The highest BCUT2D eigenvalue weighted by molar-refractivity contribution is 5.83. The zero-order chi connectivity index (χ0) is 41.6. The van der Waals surface area contributed by atoms with Crippen LogP contribution in [0.3, 0.4) is 0 Å².